The maximum absolute atomic E-state index is 5.65. The Bertz CT molecular complexity index is 331. The van der Waals surface area contributed by atoms with Crippen LogP contribution in [0.15, 0.2) is 6.33 Å². The van der Waals surface area contributed by atoms with Crippen LogP contribution in [0.1, 0.15) is 25.6 Å². The number of piperidine rings is 1. The number of nitrogens with zero attached hydrogens (tertiary/aromatic N) is 4. The lowest BCUT2D eigenvalue weighted by atomic mass is 10.1. The molecule has 0 radical (unpaired) electrons. The van der Waals surface area contributed by atoms with Crippen molar-refractivity contribution in [1.29, 1.82) is 0 Å². The van der Waals surface area contributed by atoms with Gasteiger partial charge in [-0.25, -0.2) is 0 Å². The Balaban J connectivity index is 1.70. The molecular formula is C12H22N4O. The van der Waals surface area contributed by atoms with Crippen LogP contribution in [-0.4, -0.2) is 52.0 Å². The molecule has 0 aromatic carbocycles. The van der Waals surface area contributed by atoms with Crippen LogP contribution >= 0.6 is 0 Å². The highest BCUT2D eigenvalue weighted by molar-refractivity contribution is 4.81. The smallest absolute Gasteiger partial charge is 0.129 e. The molecule has 1 aromatic heterocycles. The van der Waals surface area contributed by atoms with E-state index < -0.39 is 0 Å². The van der Waals surface area contributed by atoms with E-state index in [0.717, 1.165) is 51.5 Å². The molecule has 1 fully saturated rings. The summed E-state index contributed by atoms with van der Waals surface area (Å²) in [4.78, 5) is 2.50. The van der Waals surface area contributed by atoms with Gasteiger partial charge in [-0.1, -0.05) is 0 Å². The molecule has 0 atom stereocenters. The van der Waals surface area contributed by atoms with Gasteiger partial charge in [-0.15, -0.1) is 10.2 Å². The molecule has 17 heavy (non-hydrogen) atoms. The average molecular weight is 238 g/mol. The zero-order valence-electron chi connectivity index (χ0n) is 10.8. The monoisotopic (exact) mass is 238 g/mol. The minimum atomic E-state index is 0.480. The summed E-state index contributed by atoms with van der Waals surface area (Å²) in [5.74, 6) is 0.995. The van der Waals surface area contributed by atoms with E-state index in [1.807, 2.05) is 13.3 Å². The van der Waals surface area contributed by atoms with Crippen LogP contribution in [0.4, 0.5) is 0 Å². The summed E-state index contributed by atoms with van der Waals surface area (Å²) in [5, 5.41) is 7.89. The molecule has 1 aliphatic heterocycles. The molecule has 0 spiro atoms. The first-order chi connectivity index (χ1) is 8.29. The van der Waals surface area contributed by atoms with Crippen molar-refractivity contribution in [1.82, 2.24) is 19.7 Å². The molecule has 0 amide bonds. The van der Waals surface area contributed by atoms with E-state index in [9.17, 15) is 0 Å². The van der Waals surface area contributed by atoms with Crippen LogP contribution in [0.5, 0.6) is 0 Å². The van der Waals surface area contributed by atoms with E-state index in [4.69, 9.17) is 4.74 Å². The largest absolute Gasteiger partial charge is 0.378 e. The molecule has 5 nitrogen and oxygen atoms in total. The van der Waals surface area contributed by atoms with Crippen molar-refractivity contribution in [3.63, 3.8) is 0 Å². The van der Waals surface area contributed by atoms with Crippen LogP contribution in [0.25, 0.3) is 0 Å². The van der Waals surface area contributed by atoms with Crippen molar-refractivity contribution >= 4 is 0 Å². The zero-order valence-corrected chi connectivity index (χ0v) is 10.8. The summed E-state index contributed by atoms with van der Waals surface area (Å²) in [5.41, 5.74) is 0. The van der Waals surface area contributed by atoms with Crippen LogP contribution in [0.3, 0.4) is 0 Å². The van der Waals surface area contributed by atoms with Crippen molar-refractivity contribution < 1.29 is 4.74 Å². The van der Waals surface area contributed by atoms with Crippen molar-refractivity contribution in [2.24, 2.45) is 0 Å². The summed E-state index contributed by atoms with van der Waals surface area (Å²) < 4.78 is 7.75. The van der Waals surface area contributed by atoms with Gasteiger partial charge in [0.2, 0.25) is 0 Å². The van der Waals surface area contributed by atoms with Gasteiger partial charge in [0.15, 0.2) is 0 Å². The van der Waals surface area contributed by atoms with Gasteiger partial charge in [-0.2, -0.15) is 0 Å². The molecule has 1 aliphatic rings. The summed E-state index contributed by atoms with van der Waals surface area (Å²) in [6, 6.07) is 0. The fourth-order valence-electron chi connectivity index (χ4n) is 2.32. The van der Waals surface area contributed by atoms with Gasteiger partial charge in [0, 0.05) is 32.8 Å². The number of aryl methyl sites for hydroxylation is 1. The maximum Gasteiger partial charge on any atom is 0.129 e. The summed E-state index contributed by atoms with van der Waals surface area (Å²) >= 11 is 0. The topological polar surface area (TPSA) is 43.2 Å². The molecule has 5 heteroatoms. The highest BCUT2D eigenvalue weighted by Crippen LogP contribution is 2.13. The molecule has 0 N–H and O–H groups in total. The van der Waals surface area contributed by atoms with E-state index in [0.29, 0.717) is 6.10 Å². The molecule has 0 aliphatic carbocycles. The van der Waals surface area contributed by atoms with E-state index in [2.05, 4.69) is 26.6 Å². The first-order valence-corrected chi connectivity index (χ1v) is 6.48. The summed E-state index contributed by atoms with van der Waals surface area (Å²) in [6.45, 7) is 9.26. The van der Waals surface area contributed by atoms with E-state index in [-0.39, 0.29) is 0 Å². The normalized spacial score (nSPS) is 18.7. The SMILES string of the molecule is CCOC1CCN(CCn2cnnc2C)CC1. The number of likely N-dealkylation sites (tertiary alicyclic amines) is 1. The van der Waals surface area contributed by atoms with Gasteiger partial charge in [0.05, 0.1) is 6.10 Å². The standard InChI is InChI=1S/C12H22N4O/c1-3-17-12-4-6-15(7-5-12)8-9-16-10-13-14-11(16)2/h10,12H,3-9H2,1-2H3. The third kappa shape index (κ3) is 3.51. The average Bonchev–Trinajstić information content (AvgIpc) is 2.75. The maximum atomic E-state index is 5.65. The van der Waals surface area contributed by atoms with Crippen LogP contribution in [0.2, 0.25) is 0 Å². The Labute approximate surface area is 103 Å². The van der Waals surface area contributed by atoms with E-state index in [1.165, 1.54) is 0 Å². The molecule has 1 aromatic rings. The molecule has 2 heterocycles. The second-order valence-electron chi connectivity index (χ2n) is 4.57. The highest BCUT2D eigenvalue weighted by Gasteiger charge is 2.18. The first kappa shape index (κ1) is 12.5. The van der Waals surface area contributed by atoms with Gasteiger partial charge in [0.25, 0.3) is 0 Å². The Morgan fingerprint density at radius 1 is 1.35 bits per heavy atom. The predicted molar refractivity (Wildman–Crippen MR) is 65.8 cm³/mol. The number of hydrogen-bond donors (Lipinski definition) is 0. The van der Waals surface area contributed by atoms with Crippen molar-refractivity contribution in [3.8, 4) is 0 Å². The van der Waals surface area contributed by atoms with Crippen LogP contribution in [0, 0.1) is 6.92 Å². The van der Waals surface area contributed by atoms with Crippen LogP contribution < -0.4 is 0 Å². The lowest BCUT2D eigenvalue weighted by Gasteiger charge is -2.31. The number of aromatic nitrogens is 3. The summed E-state index contributed by atoms with van der Waals surface area (Å²) in [7, 11) is 0. The first-order valence-electron chi connectivity index (χ1n) is 6.48. The molecule has 96 valence electrons. The molecule has 0 bridgehead atoms. The molecule has 2 rings (SSSR count). The second kappa shape index (κ2) is 6.12. The highest BCUT2D eigenvalue weighted by atomic mass is 16.5. The minimum Gasteiger partial charge on any atom is -0.378 e. The number of ether oxygens (including phenoxy) is 1. The van der Waals surface area contributed by atoms with Gasteiger partial charge in [0.1, 0.15) is 12.2 Å². The van der Waals surface area contributed by atoms with E-state index in [1.54, 1.807) is 0 Å². The van der Waals surface area contributed by atoms with Gasteiger partial charge < -0.3 is 14.2 Å². The minimum absolute atomic E-state index is 0.480. The predicted octanol–water partition coefficient (Wildman–Crippen LogP) is 1.09. The Morgan fingerprint density at radius 3 is 2.71 bits per heavy atom. The third-order valence-corrected chi connectivity index (χ3v) is 3.40. The van der Waals surface area contributed by atoms with Crippen molar-refractivity contribution in [2.45, 2.75) is 39.3 Å². The van der Waals surface area contributed by atoms with Gasteiger partial charge in [-0.05, 0) is 26.7 Å². The quantitative estimate of drug-likeness (QED) is 0.770. The molecule has 1 saturated heterocycles. The fourth-order valence-corrected chi connectivity index (χ4v) is 2.32. The van der Waals surface area contributed by atoms with Gasteiger partial charge in [-0.3, -0.25) is 0 Å². The van der Waals surface area contributed by atoms with E-state index >= 15 is 0 Å². The third-order valence-electron chi connectivity index (χ3n) is 3.40. The Morgan fingerprint density at radius 2 is 2.12 bits per heavy atom. The second-order valence-corrected chi connectivity index (χ2v) is 4.57. The number of hydrogen-bond acceptors (Lipinski definition) is 4. The molecule has 0 unspecified atom stereocenters. The molecular weight excluding hydrogens is 216 g/mol. The van der Waals surface area contributed by atoms with Crippen LogP contribution in [-0.2, 0) is 11.3 Å². The summed E-state index contributed by atoms with van der Waals surface area (Å²) in [6.07, 6.45) is 4.61. The lowest BCUT2D eigenvalue weighted by Crippen LogP contribution is -2.38. The fraction of sp³-hybridized carbons (Fsp3) is 0.833. The molecule has 0 saturated carbocycles. The zero-order chi connectivity index (χ0) is 12.1. The Kier molecular flexibility index (Phi) is 4.50. The number of rotatable bonds is 5. The van der Waals surface area contributed by atoms with Crippen molar-refractivity contribution in [3.05, 3.63) is 12.2 Å². The van der Waals surface area contributed by atoms with Crippen molar-refractivity contribution in [2.75, 3.05) is 26.2 Å². The van der Waals surface area contributed by atoms with Gasteiger partial charge >= 0.3 is 0 Å². The Hall–Kier alpha value is -0.940. The lowest BCUT2D eigenvalue weighted by molar-refractivity contribution is 0.0136.